The van der Waals surface area contributed by atoms with Gasteiger partial charge in [0.15, 0.2) is 0 Å². The van der Waals surface area contributed by atoms with Gasteiger partial charge >= 0.3 is 5.97 Å². The van der Waals surface area contributed by atoms with Crippen LogP contribution in [0.5, 0.6) is 0 Å². The lowest BCUT2D eigenvalue weighted by Crippen LogP contribution is -2.47. The van der Waals surface area contributed by atoms with Crippen molar-refractivity contribution < 1.29 is 18.3 Å². The SMILES string of the molecule is CC1CCC(C(=O)O)CN1S(=O)(=O)c1c(Cl)cccc1Cl. The molecule has 0 aliphatic carbocycles. The van der Waals surface area contributed by atoms with E-state index in [2.05, 4.69) is 0 Å². The van der Waals surface area contributed by atoms with Gasteiger partial charge in [-0.05, 0) is 31.9 Å². The molecule has 0 radical (unpaired) electrons. The monoisotopic (exact) mass is 351 g/mol. The fourth-order valence-corrected chi connectivity index (χ4v) is 5.26. The lowest BCUT2D eigenvalue weighted by molar-refractivity contribution is -0.143. The molecule has 2 atom stereocenters. The smallest absolute Gasteiger partial charge is 0.307 e. The van der Waals surface area contributed by atoms with Crippen molar-refractivity contribution in [3.63, 3.8) is 0 Å². The van der Waals surface area contributed by atoms with Crippen molar-refractivity contribution in [1.29, 1.82) is 0 Å². The van der Waals surface area contributed by atoms with Gasteiger partial charge in [-0.1, -0.05) is 29.3 Å². The predicted octanol–water partition coefficient (Wildman–Crippen LogP) is 2.87. The average Bonchev–Trinajstić information content (AvgIpc) is 2.38. The number of piperidine rings is 1. The van der Waals surface area contributed by atoms with E-state index in [4.69, 9.17) is 28.3 Å². The summed E-state index contributed by atoms with van der Waals surface area (Å²) in [7, 11) is -3.93. The van der Waals surface area contributed by atoms with E-state index in [0.29, 0.717) is 12.8 Å². The number of carboxylic acid groups (broad SMARTS) is 1. The minimum Gasteiger partial charge on any atom is -0.481 e. The molecule has 2 unspecified atom stereocenters. The minimum absolute atomic E-state index is 0.0344. The van der Waals surface area contributed by atoms with Gasteiger partial charge in [-0.15, -0.1) is 0 Å². The van der Waals surface area contributed by atoms with Gasteiger partial charge in [0, 0.05) is 12.6 Å². The molecule has 2 rings (SSSR count). The Hall–Kier alpha value is -0.820. The third-order valence-corrected chi connectivity index (χ3v) is 6.60. The molecule has 1 aliphatic rings. The Morgan fingerprint density at radius 2 is 1.86 bits per heavy atom. The van der Waals surface area contributed by atoms with Crippen LogP contribution >= 0.6 is 23.2 Å². The maximum Gasteiger partial charge on any atom is 0.307 e. The maximum absolute atomic E-state index is 12.8. The van der Waals surface area contributed by atoms with Crippen LogP contribution in [0.4, 0.5) is 0 Å². The summed E-state index contributed by atoms with van der Waals surface area (Å²) < 4.78 is 26.7. The number of nitrogens with zero attached hydrogens (tertiary/aromatic N) is 1. The number of hydrogen-bond acceptors (Lipinski definition) is 3. The van der Waals surface area contributed by atoms with Crippen LogP contribution in [0, 0.1) is 5.92 Å². The highest BCUT2D eigenvalue weighted by atomic mass is 35.5. The second-order valence-corrected chi connectivity index (χ2v) is 7.73. The molecule has 1 aromatic rings. The normalized spacial score (nSPS) is 24.0. The molecule has 1 saturated heterocycles. The topological polar surface area (TPSA) is 74.7 Å². The first-order valence-corrected chi connectivity index (χ1v) is 8.63. The van der Waals surface area contributed by atoms with Gasteiger partial charge in [-0.2, -0.15) is 4.31 Å². The van der Waals surface area contributed by atoms with Crippen molar-refractivity contribution in [2.75, 3.05) is 6.54 Å². The Balaban J connectivity index is 2.45. The van der Waals surface area contributed by atoms with Crippen molar-refractivity contribution in [3.8, 4) is 0 Å². The van der Waals surface area contributed by atoms with Gasteiger partial charge < -0.3 is 5.11 Å². The number of carbonyl (C=O) groups is 1. The summed E-state index contributed by atoms with van der Waals surface area (Å²) in [6.45, 7) is 1.68. The lowest BCUT2D eigenvalue weighted by Gasteiger charge is -2.35. The molecule has 5 nitrogen and oxygen atoms in total. The van der Waals surface area contributed by atoms with Crippen LogP contribution in [-0.2, 0) is 14.8 Å². The second-order valence-electron chi connectivity index (χ2n) is 5.09. The molecule has 0 spiro atoms. The van der Waals surface area contributed by atoms with E-state index in [1.54, 1.807) is 13.0 Å². The number of rotatable bonds is 3. The summed E-state index contributed by atoms with van der Waals surface area (Å²) in [6, 6.07) is 4.16. The zero-order chi connectivity index (χ0) is 15.8. The van der Waals surface area contributed by atoms with Gasteiger partial charge in [0.2, 0.25) is 10.0 Å². The highest BCUT2D eigenvalue weighted by Crippen LogP contribution is 2.35. The van der Waals surface area contributed by atoms with Gasteiger partial charge in [-0.25, -0.2) is 8.42 Å². The molecule has 116 valence electrons. The van der Waals surface area contributed by atoms with Gasteiger partial charge in [-0.3, -0.25) is 4.79 Å². The molecule has 0 amide bonds. The van der Waals surface area contributed by atoms with E-state index >= 15 is 0 Å². The second kappa shape index (κ2) is 6.12. The largest absolute Gasteiger partial charge is 0.481 e. The summed E-state index contributed by atoms with van der Waals surface area (Å²) >= 11 is 11.9. The van der Waals surface area contributed by atoms with Gasteiger partial charge in [0.25, 0.3) is 0 Å². The molecule has 0 aromatic heterocycles. The number of aliphatic carboxylic acids is 1. The zero-order valence-electron chi connectivity index (χ0n) is 11.3. The van der Waals surface area contributed by atoms with E-state index in [-0.39, 0.29) is 27.5 Å². The molecule has 0 bridgehead atoms. The van der Waals surface area contributed by atoms with Crippen LogP contribution in [0.25, 0.3) is 0 Å². The van der Waals surface area contributed by atoms with Crippen molar-refractivity contribution in [3.05, 3.63) is 28.2 Å². The van der Waals surface area contributed by atoms with Crippen LogP contribution in [0.2, 0.25) is 10.0 Å². The van der Waals surface area contributed by atoms with E-state index in [9.17, 15) is 13.2 Å². The number of halogens is 2. The summed E-state index contributed by atoms with van der Waals surface area (Å²) in [4.78, 5) is 11.0. The summed E-state index contributed by atoms with van der Waals surface area (Å²) in [5, 5.41) is 9.18. The summed E-state index contributed by atoms with van der Waals surface area (Å²) in [6.07, 6.45) is 0.942. The fourth-order valence-electron chi connectivity index (χ4n) is 2.46. The van der Waals surface area contributed by atoms with Crippen molar-refractivity contribution in [2.45, 2.75) is 30.7 Å². The quantitative estimate of drug-likeness (QED) is 0.908. The minimum atomic E-state index is -3.93. The highest BCUT2D eigenvalue weighted by Gasteiger charge is 2.39. The molecule has 1 aliphatic heterocycles. The number of sulfonamides is 1. The first kappa shape index (κ1) is 16.5. The van der Waals surface area contributed by atoms with Crippen LogP contribution < -0.4 is 0 Å². The van der Waals surface area contributed by atoms with E-state index in [1.807, 2.05) is 0 Å². The number of hydrogen-bond donors (Lipinski definition) is 1. The van der Waals surface area contributed by atoms with Crippen LogP contribution in [0.15, 0.2) is 23.1 Å². The Bertz CT molecular complexity index is 642. The summed E-state index contributed by atoms with van der Waals surface area (Å²) in [5.74, 6) is -1.70. The molecule has 1 aromatic carbocycles. The van der Waals surface area contributed by atoms with Crippen LogP contribution in [0.3, 0.4) is 0 Å². The number of benzene rings is 1. The number of carboxylic acids is 1. The van der Waals surface area contributed by atoms with Gasteiger partial charge in [0.1, 0.15) is 4.90 Å². The lowest BCUT2D eigenvalue weighted by atomic mass is 9.96. The third kappa shape index (κ3) is 3.18. The van der Waals surface area contributed by atoms with Crippen molar-refractivity contribution in [1.82, 2.24) is 4.31 Å². The molecule has 1 N–H and O–H groups in total. The first-order valence-electron chi connectivity index (χ1n) is 6.43. The molecular formula is C13H15Cl2NO4S. The van der Waals surface area contributed by atoms with Crippen LogP contribution in [-0.4, -0.2) is 36.4 Å². The molecule has 1 heterocycles. The molecule has 8 heteroatoms. The maximum atomic E-state index is 12.8. The Morgan fingerprint density at radius 3 is 2.38 bits per heavy atom. The zero-order valence-corrected chi connectivity index (χ0v) is 13.6. The average molecular weight is 352 g/mol. The molecular weight excluding hydrogens is 337 g/mol. The molecule has 1 fully saturated rings. The van der Waals surface area contributed by atoms with E-state index in [0.717, 1.165) is 0 Å². The Morgan fingerprint density at radius 1 is 1.29 bits per heavy atom. The molecule has 0 saturated carbocycles. The first-order chi connectivity index (χ1) is 9.75. The van der Waals surface area contributed by atoms with E-state index < -0.39 is 21.9 Å². The Kier molecular flexibility index (Phi) is 4.82. The van der Waals surface area contributed by atoms with Crippen molar-refractivity contribution in [2.24, 2.45) is 5.92 Å². The standard InChI is InChI=1S/C13H15Cl2NO4S/c1-8-5-6-9(13(17)18)7-16(8)21(19,20)12-10(14)3-2-4-11(12)15/h2-4,8-9H,5-7H2,1H3,(H,17,18). The van der Waals surface area contributed by atoms with Gasteiger partial charge in [0.05, 0.1) is 16.0 Å². The Labute approximate surface area is 133 Å². The fraction of sp³-hybridized carbons (Fsp3) is 0.462. The molecule has 21 heavy (non-hydrogen) atoms. The van der Waals surface area contributed by atoms with Crippen molar-refractivity contribution >= 4 is 39.2 Å². The van der Waals surface area contributed by atoms with Crippen LogP contribution in [0.1, 0.15) is 19.8 Å². The predicted molar refractivity (Wildman–Crippen MR) is 80.2 cm³/mol. The third-order valence-electron chi connectivity index (χ3n) is 3.66. The highest BCUT2D eigenvalue weighted by molar-refractivity contribution is 7.89. The van der Waals surface area contributed by atoms with E-state index in [1.165, 1.54) is 16.4 Å². The summed E-state index contributed by atoms with van der Waals surface area (Å²) in [5.41, 5.74) is 0.